The van der Waals surface area contributed by atoms with Crippen LogP contribution in [0.15, 0.2) is 16.6 Å². The van der Waals surface area contributed by atoms with Gasteiger partial charge in [-0.15, -0.1) is 0 Å². The maximum Gasteiger partial charge on any atom is 0.296 e. The van der Waals surface area contributed by atoms with E-state index in [0.717, 1.165) is 22.3 Å². The Bertz CT molecular complexity index is 562. The van der Waals surface area contributed by atoms with E-state index in [1.807, 2.05) is 24.9 Å². The van der Waals surface area contributed by atoms with Crippen molar-refractivity contribution in [2.24, 2.45) is 0 Å². The SMILES string of the molecule is CSCCC(C)N(C)c1cc2c(cc1Br)C(=O)C(=O)N2. The molecular formula is C14H17BrN2O2S. The maximum absolute atomic E-state index is 11.7. The highest BCUT2D eigenvalue weighted by Crippen LogP contribution is 2.35. The molecule has 1 atom stereocenters. The summed E-state index contributed by atoms with van der Waals surface area (Å²) in [7, 11) is 2.02. The number of thioether (sulfide) groups is 1. The number of anilines is 2. The molecule has 0 bridgehead atoms. The van der Waals surface area contributed by atoms with E-state index in [0.29, 0.717) is 17.3 Å². The molecule has 1 unspecified atom stereocenters. The van der Waals surface area contributed by atoms with E-state index in [-0.39, 0.29) is 0 Å². The normalized spacial score (nSPS) is 15.0. The number of halogens is 1. The van der Waals surface area contributed by atoms with E-state index in [1.54, 1.807) is 6.07 Å². The van der Waals surface area contributed by atoms with Crippen LogP contribution in [0.4, 0.5) is 11.4 Å². The number of amides is 1. The Morgan fingerprint density at radius 3 is 2.75 bits per heavy atom. The lowest BCUT2D eigenvalue weighted by Crippen LogP contribution is -2.29. The summed E-state index contributed by atoms with van der Waals surface area (Å²) in [6.45, 7) is 2.17. The fourth-order valence-corrected chi connectivity index (χ4v) is 3.34. The number of benzene rings is 1. The van der Waals surface area contributed by atoms with Crippen LogP contribution in [-0.4, -0.2) is 36.8 Å². The Morgan fingerprint density at radius 1 is 1.40 bits per heavy atom. The number of fused-ring (bicyclic) bond motifs is 1. The third-order valence-corrected chi connectivity index (χ3v) is 4.85. The molecule has 20 heavy (non-hydrogen) atoms. The molecule has 1 aromatic carbocycles. The van der Waals surface area contributed by atoms with Gasteiger partial charge in [0.1, 0.15) is 0 Å². The van der Waals surface area contributed by atoms with Gasteiger partial charge in [0.2, 0.25) is 0 Å². The van der Waals surface area contributed by atoms with E-state index in [4.69, 9.17) is 0 Å². The van der Waals surface area contributed by atoms with Crippen LogP contribution in [0.5, 0.6) is 0 Å². The molecule has 1 amide bonds. The molecule has 0 aromatic heterocycles. The summed E-state index contributed by atoms with van der Waals surface area (Å²) in [4.78, 5) is 25.2. The van der Waals surface area contributed by atoms with Gasteiger partial charge >= 0.3 is 0 Å². The molecule has 0 saturated heterocycles. The standard InChI is InChI=1S/C14H17BrN2O2S/c1-8(4-5-20-3)17(2)12-7-11-9(6-10(12)15)13(18)14(19)16-11/h6-8H,4-5H2,1-3H3,(H,16,18,19). The molecule has 6 heteroatoms. The smallest absolute Gasteiger partial charge is 0.296 e. The Kier molecular flexibility index (Phi) is 4.75. The zero-order valence-electron chi connectivity index (χ0n) is 11.7. The van der Waals surface area contributed by atoms with Crippen molar-refractivity contribution in [3.05, 3.63) is 22.2 Å². The van der Waals surface area contributed by atoms with Crippen molar-refractivity contribution in [2.75, 3.05) is 29.3 Å². The van der Waals surface area contributed by atoms with Crippen LogP contribution >= 0.6 is 27.7 Å². The number of nitrogens with zero attached hydrogens (tertiary/aromatic N) is 1. The lowest BCUT2D eigenvalue weighted by atomic mass is 10.1. The highest BCUT2D eigenvalue weighted by molar-refractivity contribution is 9.10. The number of carbonyl (C=O) groups excluding carboxylic acids is 2. The van der Waals surface area contributed by atoms with E-state index in [2.05, 4.69) is 39.3 Å². The molecule has 1 aromatic rings. The van der Waals surface area contributed by atoms with Crippen molar-refractivity contribution in [3.8, 4) is 0 Å². The van der Waals surface area contributed by atoms with Gasteiger partial charge in [0.25, 0.3) is 11.7 Å². The molecule has 1 heterocycles. The third-order valence-electron chi connectivity index (χ3n) is 3.57. The Hall–Kier alpha value is -1.01. The van der Waals surface area contributed by atoms with Crippen molar-refractivity contribution in [1.82, 2.24) is 0 Å². The van der Waals surface area contributed by atoms with Crippen LogP contribution in [-0.2, 0) is 4.79 Å². The predicted octanol–water partition coefficient (Wildman–Crippen LogP) is 3.16. The number of Topliss-reactive ketones (excluding diaryl/α,β-unsaturated/α-hetero) is 1. The minimum atomic E-state index is -0.554. The minimum Gasteiger partial charge on any atom is -0.371 e. The molecule has 0 spiro atoms. The van der Waals surface area contributed by atoms with Crippen molar-refractivity contribution in [3.63, 3.8) is 0 Å². The lowest BCUT2D eigenvalue weighted by Gasteiger charge is -2.28. The van der Waals surface area contributed by atoms with Gasteiger partial charge in [-0.2, -0.15) is 11.8 Å². The van der Waals surface area contributed by atoms with Gasteiger partial charge in [0.15, 0.2) is 0 Å². The number of ketones is 1. The maximum atomic E-state index is 11.7. The fourth-order valence-electron chi connectivity index (χ4n) is 2.14. The number of hydrogen-bond donors (Lipinski definition) is 1. The minimum absolute atomic E-state index is 0.379. The van der Waals surface area contributed by atoms with Gasteiger partial charge in [-0.3, -0.25) is 9.59 Å². The van der Waals surface area contributed by atoms with Crippen LogP contribution in [0.3, 0.4) is 0 Å². The van der Waals surface area contributed by atoms with Gasteiger partial charge in [-0.05, 0) is 53.4 Å². The summed E-state index contributed by atoms with van der Waals surface area (Å²) >= 11 is 5.32. The van der Waals surface area contributed by atoms with Gasteiger partial charge in [0, 0.05) is 17.6 Å². The summed E-state index contributed by atoms with van der Waals surface area (Å²) in [5.74, 6) is 0.0796. The fraction of sp³-hybridized carbons (Fsp3) is 0.429. The molecule has 1 aliphatic rings. The van der Waals surface area contributed by atoms with Gasteiger partial charge in [0.05, 0.1) is 16.9 Å². The summed E-state index contributed by atoms with van der Waals surface area (Å²) in [5, 5.41) is 2.61. The van der Waals surface area contributed by atoms with Gasteiger partial charge < -0.3 is 10.2 Å². The Balaban J connectivity index is 2.28. The first-order chi connectivity index (χ1) is 9.45. The molecule has 108 valence electrons. The summed E-state index contributed by atoms with van der Waals surface area (Å²) in [6.07, 6.45) is 3.17. The second-order valence-corrected chi connectivity index (χ2v) is 6.71. The van der Waals surface area contributed by atoms with Crippen LogP contribution < -0.4 is 10.2 Å². The van der Waals surface area contributed by atoms with Crippen molar-refractivity contribution >= 4 is 50.8 Å². The molecule has 0 aliphatic carbocycles. The average Bonchev–Trinajstić information content (AvgIpc) is 2.70. The van der Waals surface area contributed by atoms with E-state index in [1.165, 1.54) is 0 Å². The first-order valence-electron chi connectivity index (χ1n) is 6.36. The van der Waals surface area contributed by atoms with Gasteiger partial charge in [-0.1, -0.05) is 0 Å². The van der Waals surface area contributed by atoms with E-state index in [9.17, 15) is 9.59 Å². The van der Waals surface area contributed by atoms with Crippen LogP contribution in [0.2, 0.25) is 0 Å². The van der Waals surface area contributed by atoms with Gasteiger partial charge in [-0.25, -0.2) is 0 Å². The zero-order valence-corrected chi connectivity index (χ0v) is 14.1. The van der Waals surface area contributed by atoms with Crippen LogP contribution in [0.25, 0.3) is 0 Å². The molecule has 0 saturated carbocycles. The summed E-state index contributed by atoms with van der Waals surface area (Å²) in [6, 6.07) is 3.96. The van der Waals surface area contributed by atoms with E-state index >= 15 is 0 Å². The first kappa shape index (κ1) is 15.4. The Labute approximate surface area is 131 Å². The molecule has 1 aliphatic heterocycles. The predicted molar refractivity (Wildman–Crippen MR) is 88.0 cm³/mol. The van der Waals surface area contributed by atoms with Crippen molar-refractivity contribution in [1.29, 1.82) is 0 Å². The summed E-state index contributed by atoms with van der Waals surface area (Å²) < 4.78 is 0.833. The van der Waals surface area contributed by atoms with E-state index < -0.39 is 11.7 Å². The topological polar surface area (TPSA) is 49.4 Å². The van der Waals surface area contributed by atoms with Crippen molar-refractivity contribution < 1.29 is 9.59 Å². The molecule has 1 N–H and O–H groups in total. The molecule has 0 radical (unpaired) electrons. The molecular weight excluding hydrogens is 340 g/mol. The first-order valence-corrected chi connectivity index (χ1v) is 8.55. The molecule has 4 nitrogen and oxygen atoms in total. The number of hydrogen-bond acceptors (Lipinski definition) is 4. The second kappa shape index (κ2) is 6.18. The van der Waals surface area contributed by atoms with Crippen molar-refractivity contribution in [2.45, 2.75) is 19.4 Å². The lowest BCUT2D eigenvalue weighted by molar-refractivity contribution is -0.112. The van der Waals surface area contributed by atoms with Crippen LogP contribution in [0.1, 0.15) is 23.7 Å². The number of nitrogens with one attached hydrogen (secondary N) is 1. The number of carbonyl (C=O) groups is 2. The molecule has 0 fully saturated rings. The Morgan fingerprint density at radius 2 is 2.10 bits per heavy atom. The molecule has 2 rings (SSSR count). The quantitative estimate of drug-likeness (QED) is 0.823. The zero-order chi connectivity index (χ0) is 14.9. The third kappa shape index (κ3) is 2.86. The largest absolute Gasteiger partial charge is 0.371 e. The summed E-state index contributed by atoms with van der Waals surface area (Å²) in [5.41, 5.74) is 2.02. The second-order valence-electron chi connectivity index (χ2n) is 4.87. The highest BCUT2D eigenvalue weighted by atomic mass is 79.9. The highest BCUT2D eigenvalue weighted by Gasteiger charge is 2.29. The number of rotatable bonds is 5. The van der Waals surface area contributed by atoms with Crippen LogP contribution in [0, 0.1) is 0 Å². The average molecular weight is 357 g/mol. The monoisotopic (exact) mass is 356 g/mol.